The summed E-state index contributed by atoms with van der Waals surface area (Å²) in [5.74, 6) is 5.90. The monoisotopic (exact) mass is 200 g/mol. The van der Waals surface area contributed by atoms with Crippen molar-refractivity contribution in [2.75, 3.05) is 0 Å². The Labute approximate surface area is 85.9 Å². The molecule has 0 saturated heterocycles. The van der Waals surface area contributed by atoms with E-state index in [1.54, 1.807) is 0 Å². The van der Waals surface area contributed by atoms with Crippen LogP contribution >= 0.6 is 11.6 Å². The molecule has 13 heavy (non-hydrogen) atoms. The summed E-state index contributed by atoms with van der Waals surface area (Å²) in [6.07, 6.45) is 7.15. The SMILES string of the molecule is CC#CCCCCCCCC(=O)Cl. The quantitative estimate of drug-likeness (QED) is 0.349. The average Bonchev–Trinajstić information content (AvgIpc) is 2.09. The molecule has 0 aromatic rings. The summed E-state index contributed by atoms with van der Waals surface area (Å²) < 4.78 is 0. The molecule has 0 aliphatic heterocycles. The minimum atomic E-state index is -0.211. The van der Waals surface area contributed by atoms with Crippen LogP contribution in [-0.4, -0.2) is 5.24 Å². The number of hydrogen-bond donors (Lipinski definition) is 0. The molecule has 0 aliphatic rings. The van der Waals surface area contributed by atoms with Crippen LogP contribution in [0.5, 0.6) is 0 Å². The zero-order valence-corrected chi connectivity index (χ0v) is 8.99. The molecule has 74 valence electrons. The van der Waals surface area contributed by atoms with E-state index in [1.165, 1.54) is 19.3 Å². The highest BCUT2D eigenvalue weighted by Crippen LogP contribution is 2.07. The Bertz CT molecular complexity index is 188. The van der Waals surface area contributed by atoms with E-state index in [1.807, 2.05) is 6.92 Å². The van der Waals surface area contributed by atoms with Crippen LogP contribution in [-0.2, 0) is 4.79 Å². The predicted molar refractivity (Wildman–Crippen MR) is 56.6 cm³/mol. The van der Waals surface area contributed by atoms with Crippen molar-refractivity contribution in [3.8, 4) is 11.8 Å². The van der Waals surface area contributed by atoms with Gasteiger partial charge in [0, 0.05) is 12.8 Å². The van der Waals surface area contributed by atoms with E-state index >= 15 is 0 Å². The van der Waals surface area contributed by atoms with Gasteiger partial charge in [-0.25, -0.2) is 0 Å². The van der Waals surface area contributed by atoms with E-state index in [0.717, 1.165) is 19.3 Å². The van der Waals surface area contributed by atoms with Crippen molar-refractivity contribution in [3.05, 3.63) is 0 Å². The Morgan fingerprint density at radius 3 is 2.38 bits per heavy atom. The lowest BCUT2D eigenvalue weighted by Gasteiger charge is -1.96. The molecule has 0 amide bonds. The number of halogens is 1. The molecule has 0 radical (unpaired) electrons. The van der Waals surface area contributed by atoms with Crippen LogP contribution < -0.4 is 0 Å². The van der Waals surface area contributed by atoms with Gasteiger partial charge in [-0.05, 0) is 31.4 Å². The molecule has 0 aliphatic carbocycles. The first-order valence-electron chi connectivity index (χ1n) is 4.85. The molecule has 0 fully saturated rings. The van der Waals surface area contributed by atoms with Gasteiger partial charge >= 0.3 is 0 Å². The van der Waals surface area contributed by atoms with Crippen molar-refractivity contribution in [1.29, 1.82) is 0 Å². The van der Waals surface area contributed by atoms with Crippen LogP contribution in [0.3, 0.4) is 0 Å². The Kier molecular flexibility index (Phi) is 9.25. The summed E-state index contributed by atoms with van der Waals surface area (Å²) in [4.78, 5) is 10.4. The maximum absolute atomic E-state index is 10.4. The molecule has 0 aromatic heterocycles. The third-order valence-corrected chi connectivity index (χ3v) is 2.04. The van der Waals surface area contributed by atoms with Crippen molar-refractivity contribution in [2.24, 2.45) is 0 Å². The van der Waals surface area contributed by atoms with Gasteiger partial charge < -0.3 is 0 Å². The van der Waals surface area contributed by atoms with Crippen LogP contribution in [0.15, 0.2) is 0 Å². The highest BCUT2D eigenvalue weighted by atomic mass is 35.5. The van der Waals surface area contributed by atoms with E-state index in [4.69, 9.17) is 11.6 Å². The normalized spacial score (nSPS) is 9.08. The summed E-state index contributed by atoms with van der Waals surface area (Å²) in [5, 5.41) is -0.211. The van der Waals surface area contributed by atoms with Gasteiger partial charge in [-0.2, -0.15) is 0 Å². The Balaban J connectivity index is 2.98. The van der Waals surface area contributed by atoms with E-state index in [-0.39, 0.29) is 5.24 Å². The van der Waals surface area contributed by atoms with Gasteiger partial charge in [0.05, 0.1) is 0 Å². The Morgan fingerprint density at radius 2 is 1.77 bits per heavy atom. The molecule has 2 heteroatoms. The highest BCUT2D eigenvalue weighted by molar-refractivity contribution is 6.63. The van der Waals surface area contributed by atoms with Gasteiger partial charge in [0.1, 0.15) is 0 Å². The number of unbranched alkanes of at least 4 members (excludes halogenated alkanes) is 5. The number of carbonyl (C=O) groups excluding carboxylic acids is 1. The average molecular weight is 201 g/mol. The van der Waals surface area contributed by atoms with Gasteiger partial charge in [0.2, 0.25) is 5.24 Å². The fraction of sp³-hybridized carbons (Fsp3) is 0.727. The second-order valence-corrected chi connectivity index (χ2v) is 3.47. The molecule has 0 atom stereocenters. The van der Waals surface area contributed by atoms with E-state index < -0.39 is 0 Å². The zero-order valence-electron chi connectivity index (χ0n) is 8.24. The second kappa shape index (κ2) is 9.61. The largest absolute Gasteiger partial charge is 0.281 e. The van der Waals surface area contributed by atoms with Gasteiger partial charge in [-0.15, -0.1) is 11.8 Å². The first kappa shape index (κ1) is 12.5. The van der Waals surface area contributed by atoms with E-state index in [9.17, 15) is 4.79 Å². The van der Waals surface area contributed by atoms with E-state index in [2.05, 4.69) is 11.8 Å². The molecule has 0 rings (SSSR count). The van der Waals surface area contributed by atoms with E-state index in [0.29, 0.717) is 6.42 Å². The zero-order chi connectivity index (χ0) is 9.94. The molecule has 0 spiro atoms. The van der Waals surface area contributed by atoms with Crippen molar-refractivity contribution in [1.82, 2.24) is 0 Å². The fourth-order valence-corrected chi connectivity index (χ4v) is 1.27. The summed E-state index contributed by atoms with van der Waals surface area (Å²) in [6.45, 7) is 1.87. The summed E-state index contributed by atoms with van der Waals surface area (Å²) in [6, 6.07) is 0. The molecule has 1 nitrogen and oxygen atoms in total. The lowest BCUT2D eigenvalue weighted by molar-refractivity contribution is -0.111. The maximum Gasteiger partial charge on any atom is 0.221 e. The lowest BCUT2D eigenvalue weighted by Crippen LogP contribution is -1.86. The van der Waals surface area contributed by atoms with Crippen LogP contribution in [0, 0.1) is 11.8 Å². The summed E-state index contributed by atoms with van der Waals surface area (Å²) in [5.41, 5.74) is 0. The number of hydrogen-bond acceptors (Lipinski definition) is 1. The van der Waals surface area contributed by atoms with Crippen LogP contribution in [0.25, 0.3) is 0 Å². The van der Waals surface area contributed by atoms with Gasteiger partial charge in [-0.1, -0.05) is 19.3 Å². The van der Waals surface area contributed by atoms with Crippen LogP contribution in [0.1, 0.15) is 51.9 Å². The molecular formula is C11H17ClO. The number of rotatable bonds is 7. The summed E-state index contributed by atoms with van der Waals surface area (Å²) in [7, 11) is 0. The van der Waals surface area contributed by atoms with Crippen molar-refractivity contribution in [3.63, 3.8) is 0 Å². The van der Waals surface area contributed by atoms with Crippen LogP contribution in [0.2, 0.25) is 0 Å². The third-order valence-electron chi connectivity index (χ3n) is 1.85. The first-order valence-corrected chi connectivity index (χ1v) is 5.23. The van der Waals surface area contributed by atoms with Gasteiger partial charge in [0.15, 0.2) is 0 Å². The molecule has 0 aromatic carbocycles. The molecule has 0 bridgehead atoms. The minimum absolute atomic E-state index is 0.211. The Hall–Kier alpha value is -0.480. The smallest absolute Gasteiger partial charge is 0.221 e. The van der Waals surface area contributed by atoms with Crippen molar-refractivity contribution >= 4 is 16.8 Å². The van der Waals surface area contributed by atoms with Crippen LogP contribution in [0.4, 0.5) is 0 Å². The molecule has 0 unspecified atom stereocenters. The number of carbonyl (C=O) groups is 1. The van der Waals surface area contributed by atoms with Crippen molar-refractivity contribution < 1.29 is 4.79 Å². The first-order chi connectivity index (χ1) is 6.27. The van der Waals surface area contributed by atoms with Gasteiger partial charge in [-0.3, -0.25) is 4.79 Å². The predicted octanol–water partition coefficient (Wildman–Crippen LogP) is 3.51. The standard InChI is InChI=1S/C11H17ClO/c1-2-3-4-5-6-7-8-9-10-11(12)13/h4-10H2,1H3. The second-order valence-electron chi connectivity index (χ2n) is 3.05. The topological polar surface area (TPSA) is 17.1 Å². The fourth-order valence-electron chi connectivity index (χ4n) is 1.13. The summed E-state index contributed by atoms with van der Waals surface area (Å²) >= 11 is 5.20. The molecular weight excluding hydrogens is 184 g/mol. The maximum atomic E-state index is 10.4. The molecule has 0 heterocycles. The van der Waals surface area contributed by atoms with Gasteiger partial charge in [0.25, 0.3) is 0 Å². The highest BCUT2D eigenvalue weighted by Gasteiger charge is 1.95. The molecule has 0 saturated carbocycles. The molecule has 0 N–H and O–H groups in total. The minimum Gasteiger partial charge on any atom is -0.281 e. The van der Waals surface area contributed by atoms with Crippen molar-refractivity contribution in [2.45, 2.75) is 51.9 Å². The third kappa shape index (κ3) is 11.5. The lowest BCUT2D eigenvalue weighted by atomic mass is 10.1. The Morgan fingerprint density at radius 1 is 1.15 bits per heavy atom.